The summed E-state index contributed by atoms with van der Waals surface area (Å²) >= 11 is 1.28. The Morgan fingerprint density at radius 3 is 2.81 bits per heavy atom. The highest BCUT2D eigenvalue weighted by molar-refractivity contribution is 7.16. The largest absolute Gasteiger partial charge is 0.396 e. The highest BCUT2D eigenvalue weighted by Crippen LogP contribution is 2.34. The Labute approximate surface area is 126 Å². The van der Waals surface area contributed by atoms with E-state index in [1.54, 1.807) is 24.7 Å². The third-order valence-corrected chi connectivity index (χ3v) is 4.43. The predicted octanol–water partition coefficient (Wildman–Crippen LogP) is 1.49. The summed E-state index contributed by atoms with van der Waals surface area (Å²) in [6.45, 7) is 0.0905. The van der Waals surface area contributed by atoms with Crippen LogP contribution < -0.4 is 5.32 Å². The van der Waals surface area contributed by atoms with E-state index < -0.39 is 0 Å². The van der Waals surface area contributed by atoms with E-state index in [1.165, 1.54) is 11.3 Å². The molecule has 0 radical (unpaired) electrons. The maximum Gasteiger partial charge on any atom is 0.263 e. The van der Waals surface area contributed by atoms with Crippen molar-refractivity contribution in [3.63, 3.8) is 0 Å². The van der Waals surface area contributed by atoms with Gasteiger partial charge in [0.2, 0.25) is 0 Å². The Morgan fingerprint density at radius 2 is 2.14 bits per heavy atom. The number of aromatic nitrogens is 3. The predicted molar refractivity (Wildman–Crippen MR) is 78.8 cm³/mol. The molecule has 2 N–H and O–H groups in total. The average Bonchev–Trinajstić information content (AvgIpc) is 3.24. The number of aliphatic hydroxyl groups excluding tert-OH is 1. The lowest BCUT2D eigenvalue weighted by Gasteiger charge is -2.16. The van der Waals surface area contributed by atoms with Crippen LogP contribution in [0.3, 0.4) is 0 Å². The summed E-state index contributed by atoms with van der Waals surface area (Å²) in [6.07, 6.45) is 7.69. The zero-order chi connectivity index (χ0) is 14.7. The van der Waals surface area contributed by atoms with Gasteiger partial charge < -0.3 is 10.4 Å². The summed E-state index contributed by atoms with van der Waals surface area (Å²) < 4.78 is 0. The number of hydrogen-bond acceptors (Lipinski definition) is 6. The molecule has 21 heavy (non-hydrogen) atoms. The Bertz CT molecular complexity index is 612. The zero-order valence-corrected chi connectivity index (χ0v) is 12.2. The molecule has 1 atom stereocenters. The van der Waals surface area contributed by atoms with Gasteiger partial charge in [0.15, 0.2) is 10.8 Å². The van der Waals surface area contributed by atoms with E-state index >= 15 is 0 Å². The molecule has 110 valence electrons. The second-order valence-electron chi connectivity index (χ2n) is 5.03. The Kier molecular flexibility index (Phi) is 4.21. The summed E-state index contributed by atoms with van der Waals surface area (Å²) in [5.74, 6) is 0.890. The van der Waals surface area contributed by atoms with Crippen LogP contribution >= 0.6 is 11.3 Å². The van der Waals surface area contributed by atoms with Crippen LogP contribution in [0.2, 0.25) is 0 Å². The number of carbonyl (C=O) groups is 1. The van der Waals surface area contributed by atoms with Crippen molar-refractivity contribution in [1.82, 2.24) is 20.3 Å². The standard InChI is InChI=1S/C14H16N4O2S/c19-7-4-10(9-2-3-9)18-13(20)11-8-17-14(21-11)12-15-5-1-6-16-12/h1,5-6,8-10,19H,2-4,7H2,(H,18,20). The van der Waals surface area contributed by atoms with Gasteiger partial charge in [-0.15, -0.1) is 11.3 Å². The van der Waals surface area contributed by atoms with Gasteiger partial charge in [-0.25, -0.2) is 15.0 Å². The number of carbonyl (C=O) groups excluding carboxylic acids is 1. The lowest BCUT2D eigenvalue weighted by Crippen LogP contribution is -2.36. The average molecular weight is 304 g/mol. The van der Waals surface area contributed by atoms with Crippen LogP contribution in [-0.2, 0) is 0 Å². The number of nitrogens with one attached hydrogen (secondary N) is 1. The van der Waals surface area contributed by atoms with Crippen molar-refractivity contribution in [3.8, 4) is 10.8 Å². The van der Waals surface area contributed by atoms with Crippen molar-refractivity contribution >= 4 is 17.2 Å². The number of amides is 1. The smallest absolute Gasteiger partial charge is 0.263 e. The molecule has 1 unspecified atom stereocenters. The molecule has 3 rings (SSSR count). The summed E-state index contributed by atoms with van der Waals surface area (Å²) in [5, 5.41) is 12.7. The van der Waals surface area contributed by atoms with Crippen LogP contribution in [0.1, 0.15) is 28.9 Å². The molecule has 1 amide bonds. The number of rotatable bonds is 6. The first-order chi connectivity index (χ1) is 10.3. The van der Waals surface area contributed by atoms with Gasteiger partial charge in [-0.3, -0.25) is 4.79 Å². The van der Waals surface area contributed by atoms with Gasteiger partial charge in [-0.2, -0.15) is 0 Å². The van der Waals surface area contributed by atoms with Crippen molar-refractivity contribution in [3.05, 3.63) is 29.5 Å². The van der Waals surface area contributed by atoms with E-state index in [-0.39, 0.29) is 18.6 Å². The Hall–Kier alpha value is -1.86. The van der Waals surface area contributed by atoms with E-state index in [0.29, 0.717) is 28.0 Å². The molecule has 2 aromatic rings. The molecule has 0 aromatic carbocycles. The van der Waals surface area contributed by atoms with Crippen LogP contribution in [0.15, 0.2) is 24.7 Å². The summed E-state index contributed by atoms with van der Waals surface area (Å²) in [4.78, 5) is 25.2. The number of aliphatic hydroxyl groups is 1. The normalized spacial score (nSPS) is 15.7. The monoisotopic (exact) mass is 304 g/mol. The molecular weight excluding hydrogens is 288 g/mol. The molecule has 2 heterocycles. The fourth-order valence-electron chi connectivity index (χ4n) is 2.19. The van der Waals surface area contributed by atoms with Crippen molar-refractivity contribution in [2.75, 3.05) is 6.61 Å². The summed E-state index contributed by atoms with van der Waals surface area (Å²) in [6, 6.07) is 1.79. The van der Waals surface area contributed by atoms with Gasteiger partial charge in [-0.1, -0.05) is 0 Å². The summed E-state index contributed by atoms with van der Waals surface area (Å²) in [7, 11) is 0. The fraction of sp³-hybridized carbons (Fsp3) is 0.429. The van der Waals surface area contributed by atoms with Gasteiger partial charge in [0, 0.05) is 25.0 Å². The molecule has 7 heteroatoms. The Balaban J connectivity index is 1.69. The van der Waals surface area contributed by atoms with E-state index in [1.807, 2.05) is 0 Å². The first kappa shape index (κ1) is 14.1. The van der Waals surface area contributed by atoms with Crippen LogP contribution in [0.25, 0.3) is 10.8 Å². The molecule has 0 bridgehead atoms. The fourth-order valence-corrected chi connectivity index (χ4v) is 2.96. The third kappa shape index (κ3) is 3.43. The van der Waals surface area contributed by atoms with Gasteiger partial charge in [-0.05, 0) is 31.2 Å². The Morgan fingerprint density at radius 1 is 1.38 bits per heavy atom. The lowest BCUT2D eigenvalue weighted by molar-refractivity contribution is 0.0928. The minimum atomic E-state index is -0.139. The first-order valence-corrected chi connectivity index (χ1v) is 7.74. The van der Waals surface area contributed by atoms with Gasteiger partial charge >= 0.3 is 0 Å². The highest BCUT2D eigenvalue weighted by atomic mass is 32.1. The molecule has 0 saturated heterocycles. The van der Waals surface area contributed by atoms with Crippen molar-refractivity contribution in [2.24, 2.45) is 5.92 Å². The molecule has 0 spiro atoms. The molecule has 6 nitrogen and oxygen atoms in total. The minimum Gasteiger partial charge on any atom is -0.396 e. The van der Waals surface area contributed by atoms with Gasteiger partial charge in [0.1, 0.15) is 4.88 Å². The number of hydrogen-bond donors (Lipinski definition) is 2. The summed E-state index contributed by atoms with van der Waals surface area (Å²) in [5.41, 5.74) is 0. The highest BCUT2D eigenvalue weighted by Gasteiger charge is 2.32. The van der Waals surface area contributed by atoms with Gasteiger partial charge in [0.25, 0.3) is 5.91 Å². The SMILES string of the molecule is O=C(NC(CCO)C1CC1)c1cnc(-c2ncccn2)s1. The molecule has 1 fully saturated rings. The van der Waals surface area contributed by atoms with Crippen molar-refractivity contribution < 1.29 is 9.90 Å². The van der Waals surface area contributed by atoms with Gasteiger partial charge in [0.05, 0.1) is 6.20 Å². The maximum atomic E-state index is 12.2. The second-order valence-corrected chi connectivity index (χ2v) is 6.06. The van der Waals surface area contributed by atoms with Crippen LogP contribution in [-0.4, -0.2) is 38.6 Å². The molecule has 1 aliphatic carbocycles. The molecule has 1 aliphatic rings. The molecule has 2 aromatic heterocycles. The van der Waals surface area contributed by atoms with E-state index in [2.05, 4.69) is 20.3 Å². The van der Waals surface area contributed by atoms with E-state index in [9.17, 15) is 4.79 Å². The second kappa shape index (κ2) is 6.28. The van der Waals surface area contributed by atoms with Crippen LogP contribution in [0, 0.1) is 5.92 Å². The quantitative estimate of drug-likeness (QED) is 0.844. The van der Waals surface area contributed by atoms with E-state index in [4.69, 9.17) is 5.11 Å². The minimum absolute atomic E-state index is 0.0565. The van der Waals surface area contributed by atoms with E-state index in [0.717, 1.165) is 12.8 Å². The topological polar surface area (TPSA) is 88.0 Å². The molecule has 1 saturated carbocycles. The molecule has 0 aliphatic heterocycles. The first-order valence-electron chi connectivity index (χ1n) is 6.93. The maximum absolute atomic E-state index is 12.2. The molecular formula is C14H16N4O2S. The van der Waals surface area contributed by atoms with Crippen LogP contribution in [0.4, 0.5) is 0 Å². The number of thiazole rings is 1. The lowest BCUT2D eigenvalue weighted by atomic mass is 10.1. The van der Waals surface area contributed by atoms with Crippen molar-refractivity contribution in [2.45, 2.75) is 25.3 Å². The third-order valence-electron chi connectivity index (χ3n) is 3.43. The van der Waals surface area contributed by atoms with Crippen molar-refractivity contribution in [1.29, 1.82) is 0 Å². The number of nitrogens with zero attached hydrogens (tertiary/aromatic N) is 3. The van der Waals surface area contributed by atoms with Crippen LogP contribution in [0.5, 0.6) is 0 Å². The zero-order valence-electron chi connectivity index (χ0n) is 11.4.